The number of halogens is 3. The summed E-state index contributed by atoms with van der Waals surface area (Å²) in [7, 11) is -4.32. The molecule has 0 saturated carbocycles. The molecule has 34 heavy (non-hydrogen) atoms. The van der Waals surface area contributed by atoms with Crippen molar-refractivity contribution >= 4 is 21.6 Å². The molecular weight excluding hydrogens is 465 g/mol. The van der Waals surface area contributed by atoms with E-state index in [9.17, 15) is 26.4 Å². The van der Waals surface area contributed by atoms with E-state index in [4.69, 9.17) is 0 Å². The molecule has 0 spiro atoms. The fraction of sp³-hybridized carbons (Fsp3) is 0.240. The highest BCUT2D eigenvalue weighted by Gasteiger charge is 2.33. The minimum absolute atomic E-state index is 0.136. The van der Waals surface area contributed by atoms with Crippen LogP contribution >= 0.6 is 0 Å². The maximum Gasteiger partial charge on any atom is 0.416 e. The van der Waals surface area contributed by atoms with Crippen LogP contribution in [-0.2, 0) is 27.4 Å². The van der Waals surface area contributed by atoms with Gasteiger partial charge in [0.2, 0.25) is 5.91 Å². The average molecular weight is 491 g/mol. The molecule has 0 bridgehead atoms. The van der Waals surface area contributed by atoms with E-state index in [2.05, 4.69) is 5.32 Å². The molecule has 1 atom stereocenters. The lowest BCUT2D eigenvalue weighted by molar-refractivity contribution is -0.137. The number of carbonyl (C=O) groups excluding carboxylic acids is 1. The van der Waals surface area contributed by atoms with Crippen molar-refractivity contribution in [2.45, 2.75) is 37.4 Å². The number of nitrogens with zero attached hydrogens (tertiary/aromatic N) is 1. The van der Waals surface area contributed by atoms with Gasteiger partial charge in [-0.15, -0.1) is 0 Å². The molecule has 180 valence electrons. The minimum Gasteiger partial charge on any atom is -0.348 e. The Morgan fingerprint density at radius 1 is 0.971 bits per heavy atom. The predicted octanol–water partition coefficient (Wildman–Crippen LogP) is 5.34. The Morgan fingerprint density at radius 2 is 1.62 bits per heavy atom. The van der Waals surface area contributed by atoms with Gasteiger partial charge < -0.3 is 5.32 Å². The number of hydrogen-bond acceptors (Lipinski definition) is 3. The van der Waals surface area contributed by atoms with Crippen molar-refractivity contribution in [2.24, 2.45) is 0 Å². The van der Waals surface area contributed by atoms with Gasteiger partial charge in [0, 0.05) is 0 Å². The monoisotopic (exact) mass is 490 g/mol. The molecule has 0 aliphatic carbocycles. The van der Waals surface area contributed by atoms with Gasteiger partial charge in [-0.25, -0.2) is 8.42 Å². The van der Waals surface area contributed by atoms with Crippen molar-refractivity contribution < 1.29 is 26.4 Å². The molecule has 3 aromatic carbocycles. The van der Waals surface area contributed by atoms with Gasteiger partial charge >= 0.3 is 6.18 Å². The van der Waals surface area contributed by atoms with Crippen LogP contribution in [0.15, 0.2) is 83.8 Å². The summed E-state index contributed by atoms with van der Waals surface area (Å²) in [6.45, 7) is 3.09. The van der Waals surface area contributed by atoms with E-state index in [1.165, 1.54) is 30.3 Å². The van der Waals surface area contributed by atoms with Gasteiger partial charge in [-0.3, -0.25) is 9.10 Å². The SMILES string of the molecule is CCc1ccc([C@@H](C)NC(=O)CN(c2cccc(C(F)(F)F)c2)S(=O)(=O)c2ccccc2)cc1. The third kappa shape index (κ3) is 5.96. The lowest BCUT2D eigenvalue weighted by Gasteiger charge is -2.26. The zero-order chi connectivity index (χ0) is 24.9. The van der Waals surface area contributed by atoms with Gasteiger partial charge in [0.05, 0.1) is 22.2 Å². The van der Waals surface area contributed by atoms with Crippen LogP contribution in [0, 0.1) is 0 Å². The molecule has 3 aromatic rings. The Labute approximate surface area is 197 Å². The van der Waals surface area contributed by atoms with E-state index in [0.29, 0.717) is 4.31 Å². The van der Waals surface area contributed by atoms with Crippen molar-refractivity contribution in [1.29, 1.82) is 0 Å². The molecule has 1 amide bonds. The number of carbonyl (C=O) groups is 1. The largest absolute Gasteiger partial charge is 0.416 e. The second-order valence-corrected chi connectivity index (χ2v) is 9.62. The first kappa shape index (κ1) is 25.3. The Morgan fingerprint density at radius 3 is 2.21 bits per heavy atom. The van der Waals surface area contributed by atoms with E-state index in [-0.39, 0.29) is 10.6 Å². The third-order valence-corrected chi connectivity index (χ3v) is 7.13. The second-order valence-electron chi connectivity index (χ2n) is 7.76. The standard InChI is InChI=1S/C25H25F3N2O3S/c1-3-19-12-14-20(15-13-19)18(2)29-24(31)17-30(34(32,33)23-10-5-4-6-11-23)22-9-7-8-21(16-22)25(26,27)28/h4-16,18H,3,17H2,1-2H3,(H,29,31)/t18-/m1/s1. The van der Waals surface area contributed by atoms with Crippen LogP contribution in [0.5, 0.6) is 0 Å². The highest BCUT2D eigenvalue weighted by Crippen LogP contribution is 2.33. The normalized spacial score (nSPS) is 12.7. The lowest BCUT2D eigenvalue weighted by atomic mass is 10.1. The summed E-state index contributed by atoms with van der Waals surface area (Å²) in [6, 6.07) is 18.4. The average Bonchev–Trinajstić information content (AvgIpc) is 2.82. The minimum atomic E-state index is -4.67. The van der Waals surface area contributed by atoms with Gasteiger partial charge in [-0.1, -0.05) is 55.5 Å². The highest BCUT2D eigenvalue weighted by molar-refractivity contribution is 7.92. The van der Waals surface area contributed by atoms with Crippen LogP contribution in [0.25, 0.3) is 0 Å². The van der Waals surface area contributed by atoms with E-state index in [1.807, 2.05) is 31.2 Å². The Kier molecular flexibility index (Phi) is 7.66. The molecular formula is C25H25F3N2O3S. The summed E-state index contributed by atoms with van der Waals surface area (Å²) < 4.78 is 67.2. The molecule has 0 aliphatic heterocycles. The summed E-state index contributed by atoms with van der Waals surface area (Å²) in [5.74, 6) is -0.649. The lowest BCUT2D eigenvalue weighted by Crippen LogP contribution is -2.41. The van der Waals surface area contributed by atoms with Gasteiger partial charge in [-0.05, 0) is 54.8 Å². The summed E-state index contributed by atoms with van der Waals surface area (Å²) in [5.41, 5.74) is 0.686. The number of nitrogens with one attached hydrogen (secondary N) is 1. The first-order valence-electron chi connectivity index (χ1n) is 10.7. The van der Waals surface area contributed by atoms with Gasteiger partial charge in [0.25, 0.3) is 10.0 Å². The summed E-state index contributed by atoms with van der Waals surface area (Å²) in [6.07, 6.45) is -3.80. The molecule has 0 fully saturated rings. The maximum absolute atomic E-state index is 13.3. The Balaban J connectivity index is 1.92. The van der Waals surface area contributed by atoms with Gasteiger partial charge in [-0.2, -0.15) is 13.2 Å². The molecule has 0 heterocycles. The van der Waals surface area contributed by atoms with Crippen molar-refractivity contribution in [3.8, 4) is 0 Å². The maximum atomic E-state index is 13.3. The Bertz CT molecular complexity index is 1230. The summed E-state index contributed by atoms with van der Waals surface area (Å²) in [5, 5.41) is 2.74. The van der Waals surface area contributed by atoms with E-state index in [0.717, 1.165) is 35.7 Å². The van der Waals surface area contributed by atoms with Crippen molar-refractivity contribution in [3.05, 3.63) is 95.6 Å². The van der Waals surface area contributed by atoms with Crippen LogP contribution in [0.3, 0.4) is 0 Å². The quantitative estimate of drug-likeness (QED) is 0.464. The molecule has 0 radical (unpaired) electrons. The fourth-order valence-electron chi connectivity index (χ4n) is 3.42. The first-order chi connectivity index (χ1) is 16.0. The number of rotatable bonds is 8. The molecule has 0 saturated heterocycles. The van der Waals surface area contributed by atoms with E-state index < -0.39 is 40.3 Å². The first-order valence-corrected chi connectivity index (χ1v) is 12.1. The number of hydrogen-bond donors (Lipinski definition) is 1. The van der Waals surface area contributed by atoms with E-state index >= 15 is 0 Å². The third-order valence-electron chi connectivity index (χ3n) is 5.35. The smallest absolute Gasteiger partial charge is 0.348 e. The molecule has 0 aliphatic rings. The Hall–Kier alpha value is -3.33. The van der Waals surface area contributed by atoms with Crippen LogP contribution in [0.2, 0.25) is 0 Å². The molecule has 0 aromatic heterocycles. The molecule has 1 N–H and O–H groups in total. The highest BCUT2D eigenvalue weighted by atomic mass is 32.2. The number of anilines is 1. The number of sulfonamides is 1. The predicted molar refractivity (Wildman–Crippen MR) is 125 cm³/mol. The van der Waals surface area contributed by atoms with Crippen molar-refractivity contribution in [1.82, 2.24) is 5.32 Å². The van der Waals surface area contributed by atoms with Gasteiger partial charge in [0.1, 0.15) is 6.54 Å². The molecule has 3 rings (SSSR count). The molecule has 9 heteroatoms. The van der Waals surface area contributed by atoms with Crippen LogP contribution in [-0.4, -0.2) is 20.9 Å². The second kappa shape index (κ2) is 10.3. The zero-order valence-corrected chi connectivity index (χ0v) is 19.5. The molecule has 5 nitrogen and oxygen atoms in total. The van der Waals surface area contributed by atoms with Crippen LogP contribution in [0.1, 0.15) is 36.6 Å². The van der Waals surface area contributed by atoms with E-state index in [1.54, 1.807) is 13.0 Å². The van der Waals surface area contributed by atoms with Crippen LogP contribution in [0.4, 0.5) is 18.9 Å². The number of alkyl halides is 3. The van der Waals surface area contributed by atoms with Crippen LogP contribution < -0.4 is 9.62 Å². The van der Waals surface area contributed by atoms with Crippen molar-refractivity contribution in [3.63, 3.8) is 0 Å². The van der Waals surface area contributed by atoms with Gasteiger partial charge in [0.15, 0.2) is 0 Å². The summed E-state index contributed by atoms with van der Waals surface area (Å²) >= 11 is 0. The zero-order valence-electron chi connectivity index (χ0n) is 18.7. The number of benzene rings is 3. The summed E-state index contributed by atoms with van der Waals surface area (Å²) in [4.78, 5) is 12.7. The number of aryl methyl sites for hydroxylation is 1. The van der Waals surface area contributed by atoms with Crippen molar-refractivity contribution in [2.75, 3.05) is 10.8 Å². The molecule has 0 unspecified atom stereocenters. The fourth-order valence-corrected chi connectivity index (χ4v) is 4.85. The topological polar surface area (TPSA) is 66.5 Å². The number of amides is 1.